The quantitative estimate of drug-likeness (QED) is 0.766. The Morgan fingerprint density at radius 2 is 2.31 bits per heavy atom. The van der Waals surface area contributed by atoms with E-state index >= 15 is 0 Å². The maximum Gasteiger partial charge on any atom is 0.335 e. The van der Waals surface area contributed by atoms with Crippen LogP contribution in [0.5, 0.6) is 11.5 Å². The highest BCUT2D eigenvalue weighted by Crippen LogP contribution is 2.29. The molecule has 1 N–H and O–H groups in total. The lowest BCUT2D eigenvalue weighted by Crippen LogP contribution is -2.06. The highest BCUT2D eigenvalue weighted by atomic mass is 16.5. The molecule has 1 aromatic rings. The molecule has 0 heterocycles. The van der Waals surface area contributed by atoms with Crippen LogP contribution in [0.2, 0.25) is 0 Å². The lowest BCUT2D eigenvalue weighted by Gasteiger charge is -2.18. The number of benzene rings is 1. The molecule has 0 saturated heterocycles. The fourth-order valence-corrected chi connectivity index (χ4v) is 1.35. The molecule has 0 unspecified atom stereocenters. The number of aromatic carboxylic acids is 1. The Labute approximate surface area is 93.8 Å². The van der Waals surface area contributed by atoms with Crippen LogP contribution in [-0.4, -0.2) is 17.7 Å². The van der Waals surface area contributed by atoms with Gasteiger partial charge in [-0.1, -0.05) is 11.8 Å². The number of carboxylic acid groups (broad SMARTS) is 1. The fourth-order valence-electron chi connectivity index (χ4n) is 1.35. The average molecular weight is 221 g/mol. The number of allylic oxidation sites excluding steroid dienone is 1. The van der Waals surface area contributed by atoms with Gasteiger partial charge >= 0.3 is 5.97 Å². The van der Waals surface area contributed by atoms with E-state index in [-0.39, 0.29) is 17.1 Å². The van der Waals surface area contributed by atoms with Gasteiger partial charge in [-0.05, 0) is 31.0 Å². The van der Waals surface area contributed by atoms with Crippen molar-refractivity contribution in [3.63, 3.8) is 0 Å². The van der Waals surface area contributed by atoms with E-state index < -0.39 is 5.97 Å². The zero-order valence-electron chi connectivity index (χ0n) is 9.03. The fraction of sp³-hybridized carbons (Fsp3) is 0.250. The van der Waals surface area contributed by atoms with Crippen molar-refractivity contribution >= 4 is 5.97 Å². The van der Waals surface area contributed by atoms with Crippen LogP contribution in [0.15, 0.2) is 24.8 Å². The first-order valence-corrected chi connectivity index (χ1v) is 4.91. The van der Waals surface area contributed by atoms with Crippen molar-refractivity contribution in [1.82, 2.24) is 0 Å². The summed E-state index contributed by atoms with van der Waals surface area (Å²) < 4.78 is 5.10. The number of carboxylic acids is 1. The summed E-state index contributed by atoms with van der Waals surface area (Å²) in [7, 11) is 0. The van der Waals surface area contributed by atoms with Gasteiger partial charge in [-0.2, -0.15) is 0 Å². The molecule has 0 atom stereocenters. The second-order valence-electron chi connectivity index (χ2n) is 3.19. The van der Waals surface area contributed by atoms with Gasteiger partial charge in [-0.3, -0.25) is 0 Å². The summed E-state index contributed by atoms with van der Waals surface area (Å²) in [6.45, 7) is 5.58. The molecule has 0 aromatic heterocycles. The maximum atomic E-state index is 11.8. The highest BCUT2D eigenvalue weighted by Gasteiger charge is 2.09. The average Bonchev–Trinajstić information content (AvgIpc) is 2.24. The van der Waals surface area contributed by atoms with Gasteiger partial charge in [0.1, 0.15) is 5.75 Å². The number of hydrogen-bond donors (Lipinski definition) is 1. The van der Waals surface area contributed by atoms with E-state index in [1.165, 1.54) is 12.1 Å². The van der Waals surface area contributed by atoms with Crippen molar-refractivity contribution in [3.05, 3.63) is 35.9 Å². The first kappa shape index (κ1) is 12.1. The van der Waals surface area contributed by atoms with E-state index in [0.717, 1.165) is 0 Å². The normalized spacial score (nSPS) is 9.81. The standard InChI is InChI=1S/C12H14O4/c1-3-5-8-6-9(12(14)15)7-10(11(8)13)16-4-2/h3,6-7,13H,1,4-5H2,2H3,(H,14,15)/p-1. The summed E-state index contributed by atoms with van der Waals surface area (Å²) in [4.78, 5) is 10.8. The molecule has 0 aliphatic heterocycles. The first-order chi connectivity index (χ1) is 7.60. The van der Waals surface area contributed by atoms with Gasteiger partial charge in [-0.15, -0.1) is 6.58 Å². The lowest BCUT2D eigenvalue weighted by molar-refractivity contribution is -0.271. The van der Waals surface area contributed by atoms with Crippen LogP contribution < -0.4 is 9.84 Å². The van der Waals surface area contributed by atoms with Crippen LogP contribution in [-0.2, 0) is 6.42 Å². The molecular weight excluding hydrogens is 208 g/mol. The Kier molecular flexibility index (Phi) is 3.94. The lowest BCUT2D eigenvalue weighted by atomic mass is 10.1. The predicted molar refractivity (Wildman–Crippen MR) is 57.9 cm³/mol. The summed E-state index contributed by atoms with van der Waals surface area (Å²) in [5.41, 5.74) is 0.443. The van der Waals surface area contributed by atoms with Gasteiger partial charge < -0.3 is 14.9 Å². The van der Waals surface area contributed by atoms with E-state index in [9.17, 15) is 9.90 Å². The molecule has 0 radical (unpaired) electrons. The van der Waals surface area contributed by atoms with Gasteiger partial charge in [0, 0.05) is 0 Å². The molecule has 4 heteroatoms. The Hall–Kier alpha value is -1.97. The minimum Gasteiger partial charge on any atom is -0.870 e. The summed E-state index contributed by atoms with van der Waals surface area (Å²) in [5, 5.41) is 20.6. The second kappa shape index (κ2) is 5.21. The van der Waals surface area contributed by atoms with Gasteiger partial charge in [0.15, 0.2) is 0 Å². The molecule has 4 nitrogen and oxygen atoms in total. The molecule has 0 bridgehead atoms. The molecule has 16 heavy (non-hydrogen) atoms. The van der Waals surface area contributed by atoms with Crippen LogP contribution in [0.25, 0.3) is 0 Å². The van der Waals surface area contributed by atoms with Gasteiger partial charge in [0.05, 0.1) is 12.2 Å². The summed E-state index contributed by atoms with van der Waals surface area (Å²) in [5.74, 6) is -1.27. The SMILES string of the molecule is C=CCc1cc(C(=O)O)cc(OCC)c1[O-]. The smallest absolute Gasteiger partial charge is 0.335 e. The van der Waals surface area contributed by atoms with E-state index in [0.29, 0.717) is 18.6 Å². The largest absolute Gasteiger partial charge is 0.870 e. The summed E-state index contributed by atoms with van der Waals surface area (Å²) in [6, 6.07) is 2.61. The van der Waals surface area contributed by atoms with E-state index in [4.69, 9.17) is 9.84 Å². The molecule has 0 amide bonds. The van der Waals surface area contributed by atoms with Crippen molar-refractivity contribution in [2.75, 3.05) is 6.61 Å². The third kappa shape index (κ3) is 2.53. The van der Waals surface area contributed by atoms with Crippen molar-refractivity contribution in [2.24, 2.45) is 0 Å². The van der Waals surface area contributed by atoms with E-state index in [1.54, 1.807) is 13.0 Å². The van der Waals surface area contributed by atoms with Crippen molar-refractivity contribution in [1.29, 1.82) is 0 Å². The molecule has 0 spiro atoms. The number of hydrogen-bond acceptors (Lipinski definition) is 3. The summed E-state index contributed by atoms with van der Waals surface area (Å²) >= 11 is 0. The zero-order valence-corrected chi connectivity index (χ0v) is 9.03. The topological polar surface area (TPSA) is 69.6 Å². The minimum atomic E-state index is -1.08. The van der Waals surface area contributed by atoms with Crippen LogP contribution >= 0.6 is 0 Å². The molecule has 1 rings (SSSR count). The third-order valence-corrected chi connectivity index (χ3v) is 2.04. The van der Waals surface area contributed by atoms with Crippen LogP contribution in [0.1, 0.15) is 22.8 Å². The molecular formula is C12H13O4-. The Bertz CT molecular complexity index is 410. The van der Waals surface area contributed by atoms with Crippen LogP contribution in [0, 0.1) is 0 Å². The molecule has 86 valence electrons. The molecule has 0 fully saturated rings. The second-order valence-corrected chi connectivity index (χ2v) is 3.19. The molecule has 0 saturated carbocycles. The van der Waals surface area contributed by atoms with Gasteiger partial charge in [0.25, 0.3) is 0 Å². The monoisotopic (exact) mass is 221 g/mol. The van der Waals surface area contributed by atoms with E-state index in [1.807, 2.05) is 0 Å². The van der Waals surface area contributed by atoms with Gasteiger partial charge in [-0.25, -0.2) is 4.79 Å². The number of rotatable bonds is 5. The first-order valence-electron chi connectivity index (χ1n) is 4.91. The van der Waals surface area contributed by atoms with Gasteiger partial charge in [0.2, 0.25) is 0 Å². The van der Waals surface area contributed by atoms with Crippen molar-refractivity contribution < 1.29 is 19.7 Å². The Morgan fingerprint density at radius 1 is 1.62 bits per heavy atom. The maximum absolute atomic E-state index is 11.8. The number of ether oxygens (including phenoxy) is 1. The minimum absolute atomic E-state index is 0.0555. The van der Waals surface area contributed by atoms with Crippen molar-refractivity contribution in [2.45, 2.75) is 13.3 Å². The Morgan fingerprint density at radius 3 is 2.81 bits per heavy atom. The van der Waals surface area contributed by atoms with Crippen LogP contribution in [0.4, 0.5) is 0 Å². The van der Waals surface area contributed by atoms with Crippen molar-refractivity contribution in [3.8, 4) is 11.5 Å². The Balaban J connectivity index is 3.26. The molecule has 0 aliphatic carbocycles. The predicted octanol–water partition coefficient (Wildman–Crippen LogP) is 1.59. The van der Waals surface area contributed by atoms with E-state index in [2.05, 4.69) is 6.58 Å². The molecule has 0 aliphatic rings. The zero-order chi connectivity index (χ0) is 12.1. The summed E-state index contributed by atoms with van der Waals surface area (Å²) in [6.07, 6.45) is 1.89. The number of carbonyl (C=O) groups is 1. The van der Waals surface area contributed by atoms with Crippen LogP contribution in [0.3, 0.4) is 0 Å². The molecule has 1 aromatic carbocycles. The third-order valence-electron chi connectivity index (χ3n) is 2.04. The highest BCUT2D eigenvalue weighted by molar-refractivity contribution is 5.89.